The molecule has 166 valence electrons. The fourth-order valence-corrected chi connectivity index (χ4v) is 5.63. The number of carbonyl (C=O) groups excluding carboxylic acids is 3. The van der Waals surface area contributed by atoms with E-state index in [-0.39, 0.29) is 23.5 Å². The van der Waals surface area contributed by atoms with Crippen molar-refractivity contribution in [1.29, 1.82) is 0 Å². The zero-order chi connectivity index (χ0) is 22.6. The van der Waals surface area contributed by atoms with Gasteiger partial charge in [-0.15, -0.1) is 0 Å². The Balaban J connectivity index is 1.52. The van der Waals surface area contributed by atoms with Gasteiger partial charge in [0.1, 0.15) is 11.4 Å². The normalized spacial score (nSPS) is 29.8. The Morgan fingerprint density at radius 1 is 1.03 bits per heavy atom. The molecule has 1 N–H and O–H groups in total. The first-order valence-corrected chi connectivity index (χ1v) is 11.0. The van der Waals surface area contributed by atoms with Crippen LogP contribution in [0.4, 0.5) is 4.39 Å². The van der Waals surface area contributed by atoms with Crippen LogP contribution in [0, 0.1) is 24.6 Å². The van der Waals surface area contributed by atoms with E-state index < -0.39 is 23.4 Å². The number of likely N-dealkylation sites (tertiary alicyclic amines) is 2. The lowest BCUT2D eigenvalue weighted by atomic mass is 9.74. The number of halogens is 1. The number of benzene rings is 2. The summed E-state index contributed by atoms with van der Waals surface area (Å²) in [6.45, 7) is 2.89. The van der Waals surface area contributed by atoms with Crippen LogP contribution in [0.15, 0.2) is 48.5 Å². The Morgan fingerprint density at radius 3 is 2.41 bits per heavy atom. The number of hydrogen-bond acceptors (Lipinski definition) is 4. The lowest BCUT2D eigenvalue weighted by Crippen LogP contribution is -2.63. The predicted octanol–water partition coefficient (Wildman–Crippen LogP) is 2.57. The summed E-state index contributed by atoms with van der Waals surface area (Å²) in [5.41, 5.74) is 1.72. The highest BCUT2D eigenvalue weighted by atomic mass is 19.1. The second kappa shape index (κ2) is 7.52. The first-order chi connectivity index (χ1) is 15.3. The van der Waals surface area contributed by atoms with Gasteiger partial charge in [-0.25, -0.2) is 4.39 Å². The highest BCUT2D eigenvalue weighted by Crippen LogP contribution is 2.51. The smallest absolute Gasteiger partial charge is 0.244 e. The third-order valence-electron chi connectivity index (χ3n) is 7.27. The maximum Gasteiger partial charge on any atom is 0.244 e. The van der Waals surface area contributed by atoms with E-state index in [1.165, 1.54) is 24.1 Å². The number of nitrogens with one attached hydrogen (secondary N) is 1. The second-order valence-electron chi connectivity index (χ2n) is 9.20. The molecule has 4 atom stereocenters. The lowest BCUT2D eigenvalue weighted by molar-refractivity contribution is -0.149. The van der Waals surface area contributed by atoms with Gasteiger partial charge in [-0.3, -0.25) is 24.6 Å². The fraction of sp³-hybridized carbons (Fsp3) is 0.400. The van der Waals surface area contributed by atoms with Crippen molar-refractivity contribution in [2.45, 2.75) is 37.9 Å². The summed E-state index contributed by atoms with van der Waals surface area (Å²) in [5, 5.41) is 3.48. The van der Waals surface area contributed by atoms with Gasteiger partial charge in [-0.2, -0.15) is 0 Å². The van der Waals surface area contributed by atoms with Crippen LogP contribution < -0.4 is 5.32 Å². The van der Waals surface area contributed by atoms with Crippen molar-refractivity contribution in [3.63, 3.8) is 0 Å². The third kappa shape index (κ3) is 3.06. The molecule has 0 bridgehead atoms. The number of carbonyl (C=O) groups is 3. The number of amides is 3. The van der Waals surface area contributed by atoms with Crippen LogP contribution in [0.2, 0.25) is 0 Å². The molecule has 3 amide bonds. The molecule has 0 saturated carbocycles. The second-order valence-corrected chi connectivity index (χ2v) is 9.20. The number of hydrogen-bond donors (Lipinski definition) is 1. The quantitative estimate of drug-likeness (QED) is 0.753. The van der Waals surface area contributed by atoms with E-state index in [9.17, 15) is 18.8 Å². The van der Waals surface area contributed by atoms with Crippen LogP contribution in [0.1, 0.15) is 35.6 Å². The number of aryl methyl sites for hydroxylation is 1. The van der Waals surface area contributed by atoms with Crippen LogP contribution in [-0.4, -0.2) is 46.7 Å². The highest BCUT2D eigenvalue weighted by molar-refractivity contribution is 6.10. The van der Waals surface area contributed by atoms with Crippen molar-refractivity contribution in [1.82, 2.24) is 15.1 Å². The van der Waals surface area contributed by atoms with Gasteiger partial charge in [0.05, 0.1) is 11.8 Å². The number of piperidine rings is 1. The molecule has 7 heteroatoms. The van der Waals surface area contributed by atoms with E-state index >= 15 is 0 Å². The van der Waals surface area contributed by atoms with Crippen molar-refractivity contribution in [2.75, 3.05) is 13.6 Å². The average Bonchev–Trinajstić information content (AvgIpc) is 3.23. The molecule has 0 radical (unpaired) electrons. The predicted molar refractivity (Wildman–Crippen MR) is 116 cm³/mol. The molecule has 3 aliphatic heterocycles. The highest BCUT2D eigenvalue weighted by Gasteiger charge is 2.68. The maximum atomic E-state index is 13.9. The summed E-state index contributed by atoms with van der Waals surface area (Å²) in [6, 6.07) is 13.6. The number of imide groups is 1. The van der Waals surface area contributed by atoms with Crippen molar-refractivity contribution in [2.24, 2.45) is 11.8 Å². The zero-order valence-electron chi connectivity index (χ0n) is 18.2. The fourth-order valence-electron chi connectivity index (χ4n) is 5.63. The molecular weight excluding hydrogens is 409 g/mol. The van der Waals surface area contributed by atoms with E-state index in [2.05, 4.69) is 5.32 Å². The van der Waals surface area contributed by atoms with Gasteiger partial charge in [0.15, 0.2) is 0 Å². The van der Waals surface area contributed by atoms with Crippen LogP contribution in [0.3, 0.4) is 0 Å². The minimum atomic E-state index is -1.12. The van der Waals surface area contributed by atoms with E-state index in [1.807, 2.05) is 31.2 Å². The summed E-state index contributed by atoms with van der Waals surface area (Å²) in [7, 11) is 1.51. The average molecular weight is 435 g/mol. The molecule has 3 aliphatic rings. The van der Waals surface area contributed by atoms with Crippen molar-refractivity contribution >= 4 is 17.7 Å². The van der Waals surface area contributed by atoms with E-state index in [0.717, 1.165) is 23.1 Å². The summed E-state index contributed by atoms with van der Waals surface area (Å²) in [4.78, 5) is 43.1. The SMILES string of the molecule is Cc1ccc([C@H]2N[C@]3(CCCN(Cc4ccc(F)cc4)C3=O)[C@H]3C(=O)N(C)C(=O)[C@@H]23)cc1. The van der Waals surface area contributed by atoms with E-state index in [4.69, 9.17) is 0 Å². The van der Waals surface area contributed by atoms with Gasteiger partial charge in [-0.1, -0.05) is 42.0 Å². The molecule has 2 aromatic rings. The minimum absolute atomic E-state index is 0.158. The Bertz CT molecular complexity index is 1080. The van der Waals surface area contributed by atoms with Crippen molar-refractivity contribution in [3.8, 4) is 0 Å². The Kier molecular flexibility index (Phi) is 4.89. The number of fused-ring (bicyclic) bond motifs is 2. The molecule has 3 fully saturated rings. The Morgan fingerprint density at radius 2 is 1.72 bits per heavy atom. The summed E-state index contributed by atoms with van der Waals surface area (Å²) >= 11 is 0. The summed E-state index contributed by atoms with van der Waals surface area (Å²) in [5.74, 6) is -2.35. The van der Waals surface area contributed by atoms with E-state index in [0.29, 0.717) is 19.5 Å². The molecule has 3 heterocycles. The van der Waals surface area contributed by atoms with E-state index in [1.54, 1.807) is 17.0 Å². The Labute approximate surface area is 186 Å². The molecular formula is C25H26FN3O3. The van der Waals surface area contributed by atoms with Gasteiger partial charge in [0.25, 0.3) is 0 Å². The van der Waals surface area contributed by atoms with Crippen LogP contribution >= 0.6 is 0 Å². The minimum Gasteiger partial charge on any atom is -0.337 e. The zero-order valence-corrected chi connectivity index (χ0v) is 18.2. The number of rotatable bonds is 3. The lowest BCUT2D eigenvalue weighted by Gasteiger charge is -2.42. The number of nitrogens with zero attached hydrogens (tertiary/aromatic N) is 2. The van der Waals surface area contributed by atoms with Gasteiger partial charge in [0, 0.05) is 26.2 Å². The van der Waals surface area contributed by atoms with Gasteiger partial charge < -0.3 is 4.90 Å². The topological polar surface area (TPSA) is 69.7 Å². The van der Waals surface area contributed by atoms with Gasteiger partial charge >= 0.3 is 0 Å². The molecule has 2 aromatic carbocycles. The summed E-state index contributed by atoms with van der Waals surface area (Å²) < 4.78 is 13.3. The molecule has 0 aromatic heterocycles. The monoisotopic (exact) mass is 435 g/mol. The van der Waals surface area contributed by atoms with Crippen LogP contribution in [-0.2, 0) is 20.9 Å². The molecule has 5 rings (SSSR count). The third-order valence-corrected chi connectivity index (χ3v) is 7.27. The van der Waals surface area contributed by atoms with Gasteiger partial charge in [-0.05, 0) is 43.0 Å². The summed E-state index contributed by atoms with van der Waals surface area (Å²) in [6.07, 6.45) is 1.22. The molecule has 1 spiro atoms. The maximum absolute atomic E-state index is 13.9. The first-order valence-electron chi connectivity index (χ1n) is 11.0. The molecule has 6 nitrogen and oxygen atoms in total. The largest absolute Gasteiger partial charge is 0.337 e. The standard InChI is InChI=1S/C25H26FN3O3/c1-15-4-8-17(9-5-15)21-19-20(23(31)28(2)22(19)30)25(27-21)12-3-13-29(24(25)32)14-16-6-10-18(26)11-7-16/h4-11,19-21,27H,3,12-14H2,1-2H3/t19-,20-,21-,25-/m1/s1. The van der Waals surface area contributed by atoms with Crippen LogP contribution in [0.5, 0.6) is 0 Å². The van der Waals surface area contributed by atoms with Crippen molar-refractivity contribution < 1.29 is 18.8 Å². The molecule has 3 saturated heterocycles. The van der Waals surface area contributed by atoms with Gasteiger partial charge in [0.2, 0.25) is 17.7 Å². The van der Waals surface area contributed by atoms with Crippen molar-refractivity contribution in [3.05, 3.63) is 71.0 Å². The first kappa shape index (κ1) is 20.8. The molecule has 0 aliphatic carbocycles. The molecule has 32 heavy (non-hydrogen) atoms. The van der Waals surface area contributed by atoms with Crippen LogP contribution in [0.25, 0.3) is 0 Å². The Hall–Kier alpha value is -3.06. The molecule has 0 unspecified atom stereocenters.